The molecule has 1 amide bonds. The Hall–Kier alpha value is -1.96. The summed E-state index contributed by atoms with van der Waals surface area (Å²) in [6, 6.07) is 5.49. The maximum atomic E-state index is 12.6. The first-order valence-electron chi connectivity index (χ1n) is 13.9. The zero-order chi connectivity index (χ0) is 26.5. The fourth-order valence-corrected chi connectivity index (χ4v) is 4.97. The maximum absolute atomic E-state index is 12.6. The molecule has 7 nitrogen and oxygen atoms in total. The summed E-state index contributed by atoms with van der Waals surface area (Å²) in [5.74, 6) is 0.806. The Morgan fingerprint density at radius 2 is 2.00 bits per heavy atom. The molecule has 1 aliphatic rings. The first-order chi connectivity index (χ1) is 17.0. The predicted octanol–water partition coefficient (Wildman–Crippen LogP) is 4.55. The number of amides is 1. The molecule has 202 valence electrons. The van der Waals surface area contributed by atoms with Gasteiger partial charge in [-0.05, 0) is 48.6 Å². The number of nitrogens with two attached hydrogens (primary N) is 1. The van der Waals surface area contributed by atoms with Gasteiger partial charge in [-0.25, -0.2) is 0 Å². The molecule has 0 radical (unpaired) electrons. The van der Waals surface area contributed by atoms with Crippen molar-refractivity contribution in [2.75, 3.05) is 6.54 Å². The number of fused-ring (bicyclic) bond motifs is 1. The molecular formula is C29H48N4O3. The number of aliphatic hydroxyl groups is 2. The summed E-state index contributed by atoms with van der Waals surface area (Å²) in [4.78, 5) is 12.6. The molecule has 0 bridgehead atoms. The molecule has 4 atom stereocenters. The van der Waals surface area contributed by atoms with Gasteiger partial charge < -0.3 is 21.3 Å². The van der Waals surface area contributed by atoms with Gasteiger partial charge in [-0.3, -0.25) is 9.48 Å². The highest BCUT2D eigenvalue weighted by molar-refractivity contribution is 5.81. The van der Waals surface area contributed by atoms with Crippen molar-refractivity contribution in [1.29, 1.82) is 0 Å². The third kappa shape index (κ3) is 7.53. The van der Waals surface area contributed by atoms with Crippen molar-refractivity contribution in [2.45, 2.75) is 104 Å². The van der Waals surface area contributed by atoms with Gasteiger partial charge in [0.15, 0.2) is 0 Å². The Morgan fingerprint density at radius 3 is 2.64 bits per heavy atom. The number of hydrogen-bond donors (Lipinski definition) is 4. The average Bonchev–Trinajstić information content (AvgIpc) is 3.60. The summed E-state index contributed by atoms with van der Waals surface area (Å²) in [6.45, 7) is 11.1. The van der Waals surface area contributed by atoms with Gasteiger partial charge in [-0.15, -0.1) is 0 Å². The van der Waals surface area contributed by atoms with Crippen LogP contribution in [-0.4, -0.2) is 44.6 Å². The van der Waals surface area contributed by atoms with Crippen LogP contribution in [0.4, 0.5) is 0 Å². The van der Waals surface area contributed by atoms with Crippen molar-refractivity contribution in [3.63, 3.8) is 0 Å². The first-order valence-corrected chi connectivity index (χ1v) is 13.9. The quantitative estimate of drug-likeness (QED) is 0.286. The minimum absolute atomic E-state index is 0.0609. The fourth-order valence-electron chi connectivity index (χ4n) is 4.97. The van der Waals surface area contributed by atoms with Gasteiger partial charge in [0.05, 0.1) is 23.9 Å². The third-order valence-corrected chi connectivity index (χ3v) is 8.00. The van der Waals surface area contributed by atoms with Gasteiger partial charge in [0.2, 0.25) is 5.91 Å². The monoisotopic (exact) mass is 500 g/mol. The third-order valence-electron chi connectivity index (χ3n) is 8.00. The molecule has 1 aromatic carbocycles. The van der Waals surface area contributed by atoms with Crippen LogP contribution in [0.15, 0.2) is 24.4 Å². The second-order valence-electron chi connectivity index (χ2n) is 11.9. The summed E-state index contributed by atoms with van der Waals surface area (Å²) in [7, 11) is 0. The van der Waals surface area contributed by atoms with E-state index in [2.05, 4.69) is 41.9 Å². The van der Waals surface area contributed by atoms with E-state index >= 15 is 0 Å². The van der Waals surface area contributed by atoms with Gasteiger partial charge in [0.25, 0.3) is 0 Å². The summed E-state index contributed by atoms with van der Waals surface area (Å²) in [5, 5.41) is 30.6. The van der Waals surface area contributed by atoms with Crippen LogP contribution in [0, 0.1) is 23.2 Å². The van der Waals surface area contributed by atoms with E-state index in [4.69, 9.17) is 5.73 Å². The number of rotatable bonds is 15. The highest BCUT2D eigenvalue weighted by Gasteiger charge is 2.31. The zero-order valence-corrected chi connectivity index (χ0v) is 22.9. The first kappa shape index (κ1) is 28.6. The van der Waals surface area contributed by atoms with Crippen LogP contribution in [0.5, 0.6) is 0 Å². The normalized spacial score (nSPS) is 17.8. The molecule has 0 aliphatic heterocycles. The van der Waals surface area contributed by atoms with Crippen molar-refractivity contribution < 1.29 is 15.0 Å². The van der Waals surface area contributed by atoms with E-state index in [1.54, 1.807) is 0 Å². The summed E-state index contributed by atoms with van der Waals surface area (Å²) >= 11 is 0. The Morgan fingerprint density at radius 1 is 1.28 bits per heavy atom. The van der Waals surface area contributed by atoms with Crippen molar-refractivity contribution in [2.24, 2.45) is 28.9 Å². The largest absolute Gasteiger partial charge is 0.390 e. The van der Waals surface area contributed by atoms with E-state index in [0.717, 1.165) is 54.6 Å². The summed E-state index contributed by atoms with van der Waals surface area (Å²) in [5.41, 5.74) is 7.82. The molecule has 0 unspecified atom stereocenters. The Bertz CT molecular complexity index is 982. The lowest BCUT2D eigenvalue weighted by Gasteiger charge is -2.31. The molecule has 0 spiro atoms. The van der Waals surface area contributed by atoms with Crippen LogP contribution in [0.3, 0.4) is 0 Å². The highest BCUT2D eigenvalue weighted by Crippen LogP contribution is 2.35. The number of carbonyl (C=O) groups excluding carboxylic acids is 1. The van der Waals surface area contributed by atoms with E-state index in [0.29, 0.717) is 6.42 Å². The second-order valence-corrected chi connectivity index (χ2v) is 11.9. The molecule has 36 heavy (non-hydrogen) atoms. The lowest BCUT2D eigenvalue weighted by atomic mass is 9.81. The lowest BCUT2D eigenvalue weighted by Crippen LogP contribution is -2.47. The van der Waals surface area contributed by atoms with Crippen molar-refractivity contribution in [1.82, 2.24) is 15.1 Å². The standard InChI is InChI=1S/C29H48N4O3/c1-6-7-13-29(4,5)28(36)31-18-26(34)24(30)16-23(19(2)3)27(35)21-10-11-22-17-32-33(25(22)15-21)14-12-20-8-9-20/h10-11,15,17,19-20,23-24,26-27,34-35H,6-9,12-14,16,18,30H2,1-5H3,(H,31,36)/t23-,24-,26-,27-/m0/s1. The number of aryl methyl sites for hydroxylation is 1. The molecule has 1 saturated carbocycles. The minimum atomic E-state index is -0.879. The van der Waals surface area contributed by atoms with Crippen LogP contribution >= 0.6 is 0 Å². The Kier molecular flexibility index (Phi) is 9.95. The van der Waals surface area contributed by atoms with Crippen LogP contribution in [-0.2, 0) is 11.3 Å². The molecule has 5 N–H and O–H groups in total. The second kappa shape index (κ2) is 12.5. The number of hydrogen-bond acceptors (Lipinski definition) is 5. The Balaban J connectivity index is 1.62. The molecule has 1 aliphatic carbocycles. The van der Waals surface area contributed by atoms with Gasteiger partial charge in [-0.1, -0.05) is 72.4 Å². The van der Waals surface area contributed by atoms with Crippen LogP contribution in [0.1, 0.15) is 91.2 Å². The maximum Gasteiger partial charge on any atom is 0.225 e. The number of aromatic nitrogens is 2. The van der Waals surface area contributed by atoms with Crippen LogP contribution in [0.2, 0.25) is 0 Å². The number of unbranched alkanes of at least 4 members (excludes halogenated alkanes) is 1. The molecular weight excluding hydrogens is 452 g/mol. The van der Waals surface area contributed by atoms with E-state index in [1.807, 2.05) is 32.2 Å². The number of aliphatic hydroxyl groups excluding tert-OH is 2. The van der Waals surface area contributed by atoms with E-state index in [-0.39, 0.29) is 24.3 Å². The molecule has 7 heteroatoms. The zero-order valence-electron chi connectivity index (χ0n) is 22.9. The van der Waals surface area contributed by atoms with Gasteiger partial charge in [0, 0.05) is 29.9 Å². The highest BCUT2D eigenvalue weighted by atomic mass is 16.3. The van der Waals surface area contributed by atoms with Crippen molar-refractivity contribution >= 4 is 16.8 Å². The van der Waals surface area contributed by atoms with E-state index < -0.39 is 23.7 Å². The SMILES string of the molecule is CCCCC(C)(C)C(=O)NC[C@H](O)[C@@H](N)C[C@@H](C(C)C)[C@@H](O)c1ccc2cnn(CCC3CC3)c2c1. The lowest BCUT2D eigenvalue weighted by molar-refractivity contribution is -0.130. The summed E-state index contributed by atoms with van der Waals surface area (Å²) in [6.07, 6.45) is 7.40. The van der Waals surface area contributed by atoms with Crippen molar-refractivity contribution in [3.05, 3.63) is 30.0 Å². The Labute approximate surface area is 216 Å². The van der Waals surface area contributed by atoms with Crippen molar-refractivity contribution in [3.8, 4) is 0 Å². The number of nitrogens with zero attached hydrogens (tertiary/aromatic N) is 2. The van der Waals surface area contributed by atoms with E-state index in [9.17, 15) is 15.0 Å². The van der Waals surface area contributed by atoms with Gasteiger partial charge in [-0.2, -0.15) is 5.10 Å². The predicted molar refractivity (Wildman–Crippen MR) is 145 cm³/mol. The number of carbonyl (C=O) groups is 1. The molecule has 3 rings (SSSR count). The van der Waals surface area contributed by atoms with E-state index in [1.165, 1.54) is 12.8 Å². The number of nitrogens with one attached hydrogen (secondary N) is 1. The molecule has 1 aromatic heterocycles. The minimum Gasteiger partial charge on any atom is -0.390 e. The molecule has 0 saturated heterocycles. The van der Waals surface area contributed by atoms with Crippen LogP contribution in [0.25, 0.3) is 10.9 Å². The number of benzene rings is 1. The summed E-state index contributed by atoms with van der Waals surface area (Å²) < 4.78 is 2.05. The molecule has 2 aromatic rings. The van der Waals surface area contributed by atoms with Gasteiger partial charge in [0.1, 0.15) is 0 Å². The van der Waals surface area contributed by atoms with Gasteiger partial charge >= 0.3 is 0 Å². The topological polar surface area (TPSA) is 113 Å². The fraction of sp³-hybridized carbons (Fsp3) is 0.724. The average molecular weight is 501 g/mol. The molecule has 1 heterocycles. The smallest absolute Gasteiger partial charge is 0.225 e. The van der Waals surface area contributed by atoms with Crippen LogP contribution < -0.4 is 11.1 Å². The molecule has 1 fully saturated rings.